The summed E-state index contributed by atoms with van der Waals surface area (Å²) in [6, 6.07) is 4.72. The van der Waals surface area contributed by atoms with Crippen molar-refractivity contribution in [2.24, 2.45) is 11.7 Å². The van der Waals surface area contributed by atoms with E-state index in [2.05, 4.69) is 0 Å². The number of benzene rings is 1. The molecule has 4 N–H and O–H groups in total. The summed E-state index contributed by atoms with van der Waals surface area (Å²) in [6.45, 7) is 4.93. The zero-order valence-corrected chi connectivity index (χ0v) is 11.7. The largest absolute Gasteiger partial charge is 0.508 e. The molecule has 0 fully saturated rings. The summed E-state index contributed by atoms with van der Waals surface area (Å²) in [5, 5.41) is 18.6. The zero-order chi connectivity index (χ0) is 15.5. The average molecular weight is 281 g/mol. The summed E-state index contributed by atoms with van der Waals surface area (Å²) < 4.78 is 5.07. The molecule has 0 heterocycles. The third kappa shape index (κ3) is 4.24. The predicted molar refractivity (Wildman–Crippen MR) is 72.0 cm³/mol. The van der Waals surface area contributed by atoms with Crippen molar-refractivity contribution >= 4 is 11.9 Å². The minimum Gasteiger partial charge on any atom is -0.508 e. The molecule has 6 nitrogen and oxygen atoms in total. The lowest BCUT2D eigenvalue weighted by Gasteiger charge is -2.25. The van der Waals surface area contributed by atoms with Crippen molar-refractivity contribution in [1.82, 2.24) is 0 Å². The van der Waals surface area contributed by atoms with Crippen LogP contribution >= 0.6 is 0 Å². The highest BCUT2D eigenvalue weighted by Crippen LogP contribution is 2.25. The third-order valence-corrected chi connectivity index (χ3v) is 2.54. The molecule has 0 aromatic heterocycles. The molecule has 2 atom stereocenters. The molecule has 1 aromatic rings. The lowest BCUT2D eigenvalue weighted by molar-refractivity contribution is -0.167. The molecule has 6 heteroatoms. The van der Waals surface area contributed by atoms with Crippen LogP contribution in [-0.2, 0) is 14.3 Å². The number of ether oxygens (including phenoxy) is 1. The van der Waals surface area contributed by atoms with Crippen LogP contribution in [0.1, 0.15) is 32.4 Å². The second kappa shape index (κ2) is 5.92. The van der Waals surface area contributed by atoms with Crippen LogP contribution in [0.15, 0.2) is 24.3 Å². The zero-order valence-electron chi connectivity index (χ0n) is 11.7. The normalized spacial score (nSPS) is 14.4. The monoisotopic (exact) mass is 281 g/mol. The molecule has 1 aromatic carbocycles. The van der Waals surface area contributed by atoms with Gasteiger partial charge in [-0.25, -0.2) is 0 Å². The minimum absolute atomic E-state index is 0.0497. The summed E-state index contributed by atoms with van der Waals surface area (Å²) in [7, 11) is 0. The smallest absolute Gasteiger partial charge is 0.322 e. The number of aliphatic carboxylic acids is 1. The van der Waals surface area contributed by atoms with Crippen LogP contribution in [0.4, 0.5) is 0 Å². The Morgan fingerprint density at radius 2 is 1.90 bits per heavy atom. The summed E-state index contributed by atoms with van der Waals surface area (Å²) >= 11 is 0. The molecule has 1 unspecified atom stereocenters. The van der Waals surface area contributed by atoms with Gasteiger partial charge in [-0.1, -0.05) is 12.1 Å². The first kappa shape index (κ1) is 16.0. The number of carbonyl (C=O) groups excluding carboxylic acids is 1. The maximum Gasteiger partial charge on any atom is 0.322 e. The van der Waals surface area contributed by atoms with Gasteiger partial charge in [-0.05, 0) is 38.5 Å². The van der Waals surface area contributed by atoms with E-state index in [0.717, 1.165) is 0 Å². The van der Waals surface area contributed by atoms with E-state index in [1.807, 2.05) is 0 Å². The Kier molecular flexibility index (Phi) is 4.73. The van der Waals surface area contributed by atoms with Crippen molar-refractivity contribution in [2.45, 2.75) is 32.4 Å². The average Bonchev–Trinajstić information content (AvgIpc) is 2.25. The number of carbonyl (C=O) groups is 2. The number of hydrogen-bond donors (Lipinski definition) is 3. The van der Waals surface area contributed by atoms with Crippen molar-refractivity contribution in [3.05, 3.63) is 29.8 Å². The summed E-state index contributed by atoms with van der Waals surface area (Å²) in [5.74, 6) is -3.85. The van der Waals surface area contributed by atoms with E-state index in [1.165, 1.54) is 18.2 Å². The molecule has 110 valence electrons. The molecule has 0 radical (unpaired) electrons. The van der Waals surface area contributed by atoms with Crippen molar-refractivity contribution in [3.8, 4) is 5.75 Å². The molecule has 0 aliphatic heterocycles. The topological polar surface area (TPSA) is 110 Å². The number of carboxylic acids is 1. The van der Waals surface area contributed by atoms with E-state index in [1.54, 1.807) is 26.8 Å². The second-order valence-electron chi connectivity index (χ2n) is 5.47. The molecular formula is C14H19NO5. The number of nitrogens with two attached hydrogens (primary N) is 1. The molecule has 0 bridgehead atoms. The SMILES string of the molecule is CC(C)(C)OC(=O)[C@H](C(=O)O)C(N)c1cccc(O)c1. The maximum atomic E-state index is 12.0. The van der Waals surface area contributed by atoms with Crippen molar-refractivity contribution in [2.75, 3.05) is 0 Å². The third-order valence-electron chi connectivity index (χ3n) is 2.54. The molecule has 0 aliphatic rings. The number of phenols is 1. The number of carboxylic acid groups (broad SMARTS) is 1. The number of rotatable bonds is 4. The van der Waals surface area contributed by atoms with Crippen molar-refractivity contribution in [1.29, 1.82) is 0 Å². The van der Waals surface area contributed by atoms with E-state index >= 15 is 0 Å². The van der Waals surface area contributed by atoms with E-state index in [4.69, 9.17) is 10.5 Å². The van der Waals surface area contributed by atoms with E-state index in [-0.39, 0.29) is 5.75 Å². The van der Waals surface area contributed by atoms with Gasteiger partial charge in [0.2, 0.25) is 0 Å². The lowest BCUT2D eigenvalue weighted by Crippen LogP contribution is -2.39. The molecule has 0 saturated heterocycles. The Hall–Kier alpha value is -2.08. The van der Waals surface area contributed by atoms with Crippen LogP contribution in [0.25, 0.3) is 0 Å². The molecule has 0 spiro atoms. The van der Waals surface area contributed by atoms with Crippen LogP contribution < -0.4 is 5.73 Å². The molecule has 0 aliphatic carbocycles. The Bertz CT molecular complexity index is 507. The Morgan fingerprint density at radius 3 is 2.35 bits per heavy atom. The van der Waals surface area contributed by atoms with E-state index in [0.29, 0.717) is 5.56 Å². The van der Waals surface area contributed by atoms with Crippen molar-refractivity contribution < 1.29 is 24.5 Å². The van der Waals surface area contributed by atoms with Gasteiger partial charge in [0.15, 0.2) is 5.92 Å². The number of phenolic OH excluding ortho intramolecular Hbond substituents is 1. The van der Waals surface area contributed by atoms with Crippen LogP contribution in [0.5, 0.6) is 5.75 Å². The highest BCUT2D eigenvalue weighted by Gasteiger charge is 2.37. The van der Waals surface area contributed by atoms with E-state index in [9.17, 15) is 19.8 Å². The Labute approximate surface area is 117 Å². The van der Waals surface area contributed by atoms with Gasteiger partial charge < -0.3 is 20.7 Å². The van der Waals surface area contributed by atoms with Gasteiger partial charge in [0.05, 0.1) is 6.04 Å². The van der Waals surface area contributed by atoms with Gasteiger partial charge in [-0.2, -0.15) is 0 Å². The first-order valence-corrected chi connectivity index (χ1v) is 6.12. The fourth-order valence-corrected chi connectivity index (χ4v) is 1.69. The maximum absolute atomic E-state index is 12.0. The highest BCUT2D eigenvalue weighted by atomic mass is 16.6. The van der Waals surface area contributed by atoms with Crippen LogP contribution in [0, 0.1) is 5.92 Å². The standard InChI is InChI=1S/C14H19NO5/c1-14(2,3)20-13(19)10(12(17)18)11(15)8-5-4-6-9(16)7-8/h4-7,10-11,16H,15H2,1-3H3,(H,17,18)/t10-,11?/m0/s1. The minimum atomic E-state index is -1.53. The lowest BCUT2D eigenvalue weighted by atomic mass is 9.93. The van der Waals surface area contributed by atoms with Crippen LogP contribution in [0.2, 0.25) is 0 Å². The highest BCUT2D eigenvalue weighted by molar-refractivity contribution is 5.95. The fourth-order valence-electron chi connectivity index (χ4n) is 1.69. The van der Waals surface area contributed by atoms with Gasteiger partial charge in [0, 0.05) is 0 Å². The van der Waals surface area contributed by atoms with Gasteiger partial charge in [0.1, 0.15) is 11.4 Å². The van der Waals surface area contributed by atoms with E-state index < -0.39 is 29.5 Å². The molecule has 20 heavy (non-hydrogen) atoms. The number of hydrogen-bond acceptors (Lipinski definition) is 5. The first-order chi connectivity index (χ1) is 9.11. The Morgan fingerprint density at radius 1 is 1.30 bits per heavy atom. The van der Waals surface area contributed by atoms with Gasteiger partial charge >= 0.3 is 11.9 Å². The molecule has 1 rings (SSSR count). The second-order valence-corrected chi connectivity index (χ2v) is 5.47. The van der Waals surface area contributed by atoms with Gasteiger partial charge in [0.25, 0.3) is 0 Å². The van der Waals surface area contributed by atoms with Gasteiger partial charge in [-0.15, -0.1) is 0 Å². The fraction of sp³-hybridized carbons (Fsp3) is 0.429. The number of esters is 1. The number of aromatic hydroxyl groups is 1. The Balaban J connectivity index is 3.02. The quantitative estimate of drug-likeness (QED) is 0.569. The van der Waals surface area contributed by atoms with Gasteiger partial charge in [-0.3, -0.25) is 9.59 Å². The summed E-state index contributed by atoms with van der Waals surface area (Å²) in [5.41, 5.74) is 5.38. The van der Waals surface area contributed by atoms with Crippen LogP contribution in [0.3, 0.4) is 0 Å². The summed E-state index contributed by atoms with van der Waals surface area (Å²) in [6.07, 6.45) is 0. The molecular weight excluding hydrogens is 262 g/mol. The predicted octanol–water partition coefficient (Wildman–Crippen LogP) is 1.43. The summed E-state index contributed by atoms with van der Waals surface area (Å²) in [4.78, 5) is 23.2. The molecule has 0 amide bonds. The van der Waals surface area contributed by atoms with Crippen LogP contribution in [-0.4, -0.2) is 27.8 Å². The van der Waals surface area contributed by atoms with Crippen molar-refractivity contribution in [3.63, 3.8) is 0 Å². The molecule has 0 saturated carbocycles. The first-order valence-electron chi connectivity index (χ1n) is 6.12.